The summed E-state index contributed by atoms with van der Waals surface area (Å²) >= 11 is 0. The molecule has 0 N–H and O–H groups in total. The number of hydrogen-bond donors (Lipinski definition) is 0. The Balaban J connectivity index is 1.68. The van der Waals surface area contributed by atoms with Gasteiger partial charge in [0.05, 0.1) is 4.75 Å². The van der Waals surface area contributed by atoms with Gasteiger partial charge in [0.2, 0.25) is 16.8 Å². The van der Waals surface area contributed by atoms with E-state index in [1.165, 1.54) is 0 Å². The first-order valence-electron chi connectivity index (χ1n) is 7.42. The van der Waals surface area contributed by atoms with Crippen molar-refractivity contribution in [3.05, 3.63) is 23.8 Å². The molecule has 4 rings (SSSR count). The largest absolute Gasteiger partial charge is 0.454 e. The van der Waals surface area contributed by atoms with E-state index in [1.54, 1.807) is 4.31 Å². The van der Waals surface area contributed by atoms with Crippen LogP contribution in [0.3, 0.4) is 0 Å². The van der Waals surface area contributed by atoms with Crippen LogP contribution in [0.1, 0.15) is 44.2 Å². The van der Waals surface area contributed by atoms with Gasteiger partial charge in [-0.15, -0.1) is 0 Å². The van der Waals surface area contributed by atoms with Crippen molar-refractivity contribution in [3.63, 3.8) is 0 Å². The van der Waals surface area contributed by atoms with Gasteiger partial charge in [0.25, 0.3) is 0 Å². The van der Waals surface area contributed by atoms with E-state index in [9.17, 15) is 8.42 Å². The van der Waals surface area contributed by atoms with Crippen LogP contribution in [0, 0.1) is 0 Å². The standard InChI is InChI=1S/C15H19NO4S/c1-15(6-7-15)21(17,18)16-8-2-3-12(16)11-4-5-13-14(9-11)20-10-19-13/h4-5,9,12H,2-3,6-8,10H2,1H3. The van der Waals surface area contributed by atoms with Gasteiger partial charge in [-0.05, 0) is 50.3 Å². The van der Waals surface area contributed by atoms with Gasteiger partial charge in [0.1, 0.15) is 0 Å². The molecule has 2 fully saturated rings. The number of benzene rings is 1. The van der Waals surface area contributed by atoms with Crippen LogP contribution in [-0.4, -0.2) is 30.8 Å². The molecule has 5 nitrogen and oxygen atoms in total. The fourth-order valence-electron chi connectivity index (χ4n) is 3.20. The van der Waals surface area contributed by atoms with Crippen molar-refractivity contribution in [3.8, 4) is 11.5 Å². The van der Waals surface area contributed by atoms with Crippen LogP contribution in [0.4, 0.5) is 0 Å². The smallest absolute Gasteiger partial charge is 0.231 e. The van der Waals surface area contributed by atoms with Crippen molar-refractivity contribution in [1.29, 1.82) is 0 Å². The number of nitrogens with zero attached hydrogens (tertiary/aromatic N) is 1. The lowest BCUT2D eigenvalue weighted by atomic mass is 10.0. The highest BCUT2D eigenvalue weighted by atomic mass is 32.2. The molecule has 1 atom stereocenters. The molecule has 0 aromatic heterocycles. The van der Waals surface area contributed by atoms with Crippen LogP contribution >= 0.6 is 0 Å². The van der Waals surface area contributed by atoms with Gasteiger partial charge in [-0.3, -0.25) is 0 Å². The fraction of sp³-hybridized carbons (Fsp3) is 0.600. The van der Waals surface area contributed by atoms with E-state index in [0.29, 0.717) is 6.54 Å². The van der Waals surface area contributed by atoms with Crippen LogP contribution in [0.5, 0.6) is 11.5 Å². The van der Waals surface area contributed by atoms with E-state index in [0.717, 1.165) is 42.7 Å². The zero-order valence-corrected chi connectivity index (χ0v) is 12.9. The van der Waals surface area contributed by atoms with Crippen LogP contribution in [-0.2, 0) is 10.0 Å². The summed E-state index contributed by atoms with van der Waals surface area (Å²) in [7, 11) is -3.22. The van der Waals surface area contributed by atoms with Crippen molar-refractivity contribution in [1.82, 2.24) is 4.31 Å². The average Bonchev–Trinajstić information content (AvgIpc) is 2.95. The summed E-state index contributed by atoms with van der Waals surface area (Å²) in [6, 6.07) is 5.69. The summed E-state index contributed by atoms with van der Waals surface area (Å²) in [5.74, 6) is 1.45. The second-order valence-electron chi connectivity index (χ2n) is 6.34. The van der Waals surface area contributed by atoms with E-state index in [-0.39, 0.29) is 12.8 Å². The third-order valence-electron chi connectivity index (χ3n) is 4.87. The van der Waals surface area contributed by atoms with Gasteiger partial charge in [-0.2, -0.15) is 4.31 Å². The second-order valence-corrected chi connectivity index (χ2v) is 8.74. The Morgan fingerprint density at radius 3 is 2.76 bits per heavy atom. The molecule has 0 amide bonds. The average molecular weight is 309 g/mol. The molecule has 1 aromatic rings. The minimum Gasteiger partial charge on any atom is -0.454 e. The predicted molar refractivity (Wildman–Crippen MR) is 77.8 cm³/mol. The van der Waals surface area contributed by atoms with E-state index >= 15 is 0 Å². The topological polar surface area (TPSA) is 55.8 Å². The molecular formula is C15H19NO4S. The van der Waals surface area contributed by atoms with Crippen molar-refractivity contribution in [2.24, 2.45) is 0 Å². The molecule has 3 aliphatic rings. The van der Waals surface area contributed by atoms with Crippen LogP contribution in [0.2, 0.25) is 0 Å². The molecule has 2 aliphatic heterocycles. The maximum absolute atomic E-state index is 12.8. The van der Waals surface area contributed by atoms with Gasteiger partial charge >= 0.3 is 0 Å². The Labute approximate surface area is 124 Å². The lowest BCUT2D eigenvalue weighted by Crippen LogP contribution is -2.38. The Hall–Kier alpha value is -1.27. The van der Waals surface area contributed by atoms with Crippen LogP contribution < -0.4 is 9.47 Å². The molecule has 1 saturated carbocycles. The summed E-state index contributed by atoms with van der Waals surface area (Å²) in [5, 5.41) is 0. The zero-order valence-electron chi connectivity index (χ0n) is 12.0. The fourth-order valence-corrected chi connectivity index (χ4v) is 5.31. The third-order valence-corrected chi connectivity index (χ3v) is 7.58. The molecule has 1 saturated heterocycles. The summed E-state index contributed by atoms with van der Waals surface area (Å²) in [6.07, 6.45) is 3.34. The van der Waals surface area contributed by atoms with Crippen LogP contribution in [0.15, 0.2) is 18.2 Å². The number of ether oxygens (including phenoxy) is 2. The van der Waals surface area contributed by atoms with Crippen molar-refractivity contribution < 1.29 is 17.9 Å². The number of fused-ring (bicyclic) bond motifs is 1. The van der Waals surface area contributed by atoms with Gasteiger partial charge in [-0.1, -0.05) is 6.07 Å². The number of sulfonamides is 1. The SMILES string of the molecule is CC1(S(=O)(=O)N2CCCC2c2ccc3c(c2)OCO3)CC1. The second kappa shape index (κ2) is 4.36. The van der Waals surface area contributed by atoms with E-state index in [4.69, 9.17) is 9.47 Å². The predicted octanol–water partition coefficient (Wildman–Crippen LogP) is 2.43. The zero-order chi connectivity index (χ0) is 14.7. The number of hydrogen-bond acceptors (Lipinski definition) is 4. The Morgan fingerprint density at radius 1 is 1.24 bits per heavy atom. The maximum atomic E-state index is 12.8. The Morgan fingerprint density at radius 2 is 2.00 bits per heavy atom. The summed E-state index contributed by atoms with van der Waals surface area (Å²) in [5.41, 5.74) is 1.00. The van der Waals surface area contributed by atoms with E-state index in [2.05, 4.69) is 0 Å². The lowest BCUT2D eigenvalue weighted by molar-refractivity contribution is 0.174. The maximum Gasteiger partial charge on any atom is 0.231 e. The molecule has 0 spiro atoms. The molecule has 1 aromatic carbocycles. The molecule has 1 aliphatic carbocycles. The van der Waals surface area contributed by atoms with Crippen LogP contribution in [0.25, 0.3) is 0 Å². The highest BCUT2D eigenvalue weighted by molar-refractivity contribution is 7.90. The first-order chi connectivity index (χ1) is 10.0. The molecular weight excluding hydrogens is 290 g/mol. The molecule has 2 heterocycles. The van der Waals surface area contributed by atoms with Gasteiger partial charge in [0.15, 0.2) is 11.5 Å². The Kier molecular flexibility index (Phi) is 2.78. The Bertz CT molecular complexity index is 681. The lowest BCUT2D eigenvalue weighted by Gasteiger charge is -2.27. The van der Waals surface area contributed by atoms with Gasteiger partial charge < -0.3 is 9.47 Å². The third kappa shape index (κ3) is 1.96. The van der Waals surface area contributed by atoms with Gasteiger partial charge in [-0.25, -0.2) is 8.42 Å². The highest BCUT2D eigenvalue weighted by Crippen LogP contribution is 2.49. The normalized spacial score (nSPS) is 27.0. The minimum absolute atomic E-state index is 0.0677. The quantitative estimate of drug-likeness (QED) is 0.860. The molecule has 1 unspecified atom stereocenters. The first-order valence-corrected chi connectivity index (χ1v) is 8.86. The van der Waals surface area contributed by atoms with E-state index < -0.39 is 14.8 Å². The van der Waals surface area contributed by atoms with Gasteiger partial charge in [0, 0.05) is 12.6 Å². The molecule has 0 bridgehead atoms. The monoisotopic (exact) mass is 309 g/mol. The summed E-state index contributed by atoms with van der Waals surface area (Å²) in [6.45, 7) is 2.72. The molecule has 6 heteroatoms. The summed E-state index contributed by atoms with van der Waals surface area (Å²) < 4.78 is 37.5. The number of rotatable bonds is 3. The molecule has 114 valence electrons. The van der Waals surface area contributed by atoms with Crippen molar-refractivity contribution in [2.45, 2.75) is 43.4 Å². The minimum atomic E-state index is -3.22. The highest BCUT2D eigenvalue weighted by Gasteiger charge is 2.54. The first kappa shape index (κ1) is 13.4. The summed E-state index contributed by atoms with van der Waals surface area (Å²) in [4.78, 5) is 0. The molecule has 21 heavy (non-hydrogen) atoms. The van der Waals surface area contributed by atoms with E-state index in [1.807, 2.05) is 25.1 Å². The molecule has 0 radical (unpaired) electrons. The van der Waals surface area contributed by atoms with Crippen molar-refractivity contribution >= 4 is 10.0 Å². The van der Waals surface area contributed by atoms with Crippen molar-refractivity contribution in [2.75, 3.05) is 13.3 Å².